The van der Waals surface area contributed by atoms with Crippen LogP contribution >= 0.6 is 11.6 Å². The molecule has 1 aliphatic rings. The van der Waals surface area contributed by atoms with E-state index in [1.165, 1.54) is 5.56 Å². The molecular weight excluding hydrogens is 286 g/mol. The molecule has 2 aromatic rings. The van der Waals surface area contributed by atoms with Gasteiger partial charge in [-0.05, 0) is 30.2 Å². The average Bonchev–Trinajstić information content (AvgIpc) is 2.54. The summed E-state index contributed by atoms with van der Waals surface area (Å²) in [5.41, 5.74) is 2.16. The molecule has 0 aromatic heterocycles. The molecule has 3 rings (SSSR count). The van der Waals surface area contributed by atoms with Crippen molar-refractivity contribution in [2.45, 2.75) is 12.3 Å². The molecule has 110 valence electrons. The molecule has 1 heterocycles. The monoisotopic (exact) mass is 303 g/mol. The van der Waals surface area contributed by atoms with Gasteiger partial charge in [0.15, 0.2) is 0 Å². The minimum absolute atomic E-state index is 0.428. The van der Waals surface area contributed by atoms with Crippen molar-refractivity contribution in [1.29, 1.82) is 0 Å². The molecule has 1 unspecified atom stereocenters. The minimum atomic E-state index is 0.428. The van der Waals surface area contributed by atoms with Gasteiger partial charge in [0, 0.05) is 18.5 Å². The molecule has 4 heteroatoms. The second-order valence-electron chi connectivity index (χ2n) is 5.10. The quantitative estimate of drug-likeness (QED) is 0.912. The number of para-hydroxylation sites is 1. The second-order valence-corrected chi connectivity index (χ2v) is 5.51. The van der Waals surface area contributed by atoms with Gasteiger partial charge in [0.25, 0.3) is 0 Å². The van der Waals surface area contributed by atoms with Crippen LogP contribution in [0.5, 0.6) is 11.5 Å². The molecule has 0 aliphatic carbocycles. The molecule has 0 saturated carbocycles. The van der Waals surface area contributed by atoms with Crippen LogP contribution in [0.4, 0.5) is 5.69 Å². The molecule has 1 N–H and O–H groups in total. The maximum Gasteiger partial charge on any atom is 0.122 e. The van der Waals surface area contributed by atoms with Crippen LogP contribution in [0.3, 0.4) is 0 Å². The van der Waals surface area contributed by atoms with Crippen LogP contribution < -0.4 is 14.8 Å². The molecule has 0 saturated heterocycles. The Bertz CT molecular complexity index is 630. The summed E-state index contributed by atoms with van der Waals surface area (Å²) in [6.07, 6.45) is 1.01. The van der Waals surface area contributed by atoms with Gasteiger partial charge in [-0.2, -0.15) is 0 Å². The molecule has 0 amide bonds. The van der Waals surface area contributed by atoms with Gasteiger partial charge in [0.2, 0.25) is 0 Å². The maximum absolute atomic E-state index is 6.23. The number of fused-ring (bicyclic) bond motifs is 1. The predicted octanol–water partition coefficient (Wildman–Crippen LogP) is 4.33. The first kappa shape index (κ1) is 14.1. The van der Waals surface area contributed by atoms with E-state index >= 15 is 0 Å². The Hall–Kier alpha value is -1.87. The van der Waals surface area contributed by atoms with Crippen molar-refractivity contribution in [2.75, 3.05) is 25.6 Å². The van der Waals surface area contributed by atoms with E-state index < -0.39 is 0 Å². The van der Waals surface area contributed by atoms with E-state index in [1.807, 2.05) is 30.3 Å². The third-order valence-electron chi connectivity index (χ3n) is 3.80. The molecule has 0 radical (unpaired) electrons. The average molecular weight is 304 g/mol. The number of hydrogen-bond donors (Lipinski definition) is 1. The molecule has 2 aromatic carbocycles. The van der Waals surface area contributed by atoms with Gasteiger partial charge in [-0.1, -0.05) is 29.8 Å². The summed E-state index contributed by atoms with van der Waals surface area (Å²) in [6.45, 7) is 1.59. The van der Waals surface area contributed by atoms with Gasteiger partial charge in [-0.15, -0.1) is 0 Å². The number of rotatable bonds is 4. The molecule has 21 heavy (non-hydrogen) atoms. The van der Waals surface area contributed by atoms with E-state index in [-0.39, 0.29) is 0 Å². The van der Waals surface area contributed by atoms with Crippen LogP contribution in [-0.4, -0.2) is 20.3 Å². The first-order chi connectivity index (χ1) is 10.3. The van der Waals surface area contributed by atoms with Crippen molar-refractivity contribution >= 4 is 17.3 Å². The largest absolute Gasteiger partial charge is 0.497 e. The summed E-state index contributed by atoms with van der Waals surface area (Å²) in [5.74, 6) is 2.22. The van der Waals surface area contributed by atoms with Crippen LogP contribution in [0, 0.1) is 0 Å². The smallest absolute Gasteiger partial charge is 0.122 e. The van der Waals surface area contributed by atoms with Crippen molar-refractivity contribution in [3.05, 3.63) is 53.1 Å². The highest BCUT2D eigenvalue weighted by Crippen LogP contribution is 2.34. The normalized spacial score (nSPS) is 16.8. The second kappa shape index (κ2) is 6.27. The summed E-state index contributed by atoms with van der Waals surface area (Å²) in [7, 11) is 1.65. The van der Waals surface area contributed by atoms with Gasteiger partial charge in [-0.3, -0.25) is 0 Å². The van der Waals surface area contributed by atoms with Crippen molar-refractivity contribution in [3.8, 4) is 11.5 Å². The van der Waals surface area contributed by atoms with Crippen LogP contribution in [0.25, 0.3) is 0 Å². The number of methoxy groups -OCH3 is 1. The number of halogens is 1. The van der Waals surface area contributed by atoms with Crippen LogP contribution in [0.2, 0.25) is 5.02 Å². The van der Waals surface area contributed by atoms with E-state index in [9.17, 15) is 0 Å². The lowest BCUT2D eigenvalue weighted by Gasteiger charge is -2.26. The van der Waals surface area contributed by atoms with E-state index in [4.69, 9.17) is 21.1 Å². The zero-order chi connectivity index (χ0) is 14.7. The van der Waals surface area contributed by atoms with E-state index in [2.05, 4.69) is 17.4 Å². The SMILES string of the molecule is COc1ccc(Cl)c(NCC2CCOc3ccccc32)c1. The highest BCUT2D eigenvalue weighted by atomic mass is 35.5. The molecule has 3 nitrogen and oxygen atoms in total. The Balaban J connectivity index is 1.74. The number of nitrogens with one attached hydrogen (secondary N) is 1. The zero-order valence-electron chi connectivity index (χ0n) is 11.9. The molecule has 1 aliphatic heterocycles. The van der Waals surface area contributed by atoms with Gasteiger partial charge < -0.3 is 14.8 Å². The van der Waals surface area contributed by atoms with Crippen LogP contribution in [0.1, 0.15) is 17.9 Å². The number of anilines is 1. The van der Waals surface area contributed by atoms with Gasteiger partial charge >= 0.3 is 0 Å². The van der Waals surface area contributed by atoms with E-state index in [1.54, 1.807) is 7.11 Å². The number of benzene rings is 2. The Morgan fingerprint density at radius 1 is 1.29 bits per heavy atom. The summed E-state index contributed by atoms with van der Waals surface area (Å²) in [4.78, 5) is 0. The molecule has 0 bridgehead atoms. The summed E-state index contributed by atoms with van der Waals surface area (Å²) in [5, 5.41) is 4.14. The number of hydrogen-bond acceptors (Lipinski definition) is 3. The van der Waals surface area contributed by atoms with Crippen molar-refractivity contribution in [1.82, 2.24) is 0 Å². The van der Waals surface area contributed by atoms with Crippen molar-refractivity contribution in [2.24, 2.45) is 0 Å². The van der Waals surface area contributed by atoms with Crippen LogP contribution in [0.15, 0.2) is 42.5 Å². The fourth-order valence-electron chi connectivity index (χ4n) is 2.63. The highest BCUT2D eigenvalue weighted by molar-refractivity contribution is 6.33. The van der Waals surface area contributed by atoms with Gasteiger partial charge in [0.1, 0.15) is 11.5 Å². The third kappa shape index (κ3) is 3.08. The Morgan fingerprint density at radius 2 is 2.14 bits per heavy atom. The molecular formula is C17H18ClNO2. The first-order valence-corrected chi connectivity index (χ1v) is 7.45. The lowest BCUT2D eigenvalue weighted by Crippen LogP contribution is -2.20. The maximum atomic E-state index is 6.23. The Labute approximate surface area is 129 Å². The number of ether oxygens (including phenoxy) is 2. The third-order valence-corrected chi connectivity index (χ3v) is 4.12. The topological polar surface area (TPSA) is 30.5 Å². The molecule has 0 fully saturated rings. The van der Waals surface area contributed by atoms with E-state index in [0.29, 0.717) is 10.9 Å². The van der Waals surface area contributed by atoms with Crippen LogP contribution in [-0.2, 0) is 0 Å². The molecule has 1 atom stereocenters. The Morgan fingerprint density at radius 3 is 3.00 bits per heavy atom. The summed E-state index contributed by atoms with van der Waals surface area (Å²) in [6, 6.07) is 13.9. The summed E-state index contributed by atoms with van der Waals surface area (Å²) < 4.78 is 10.9. The van der Waals surface area contributed by atoms with Gasteiger partial charge in [-0.25, -0.2) is 0 Å². The minimum Gasteiger partial charge on any atom is -0.497 e. The zero-order valence-corrected chi connectivity index (χ0v) is 12.7. The standard InChI is InChI=1S/C17H18ClNO2/c1-20-13-6-7-15(18)16(10-13)19-11-12-8-9-21-17-5-3-2-4-14(12)17/h2-7,10,12,19H,8-9,11H2,1H3. The van der Waals surface area contributed by atoms with Crippen molar-refractivity contribution in [3.63, 3.8) is 0 Å². The van der Waals surface area contributed by atoms with Gasteiger partial charge in [0.05, 0.1) is 24.4 Å². The predicted molar refractivity (Wildman–Crippen MR) is 85.8 cm³/mol. The fourth-order valence-corrected chi connectivity index (χ4v) is 2.81. The Kier molecular flexibility index (Phi) is 4.20. The van der Waals surface area contributed by atoms with E-state index in [0.717, 1.165) is 36.8 Å². The molecule has 0 spiro atoms. The summed E-state index contributed by atoms with van der Waals surface area (Å²) >= 11 is 6.23. The first-order valence-electron chi connectivity index (χ1n) is 7.07. The lowest BCUT2D eigenvalue weighted by atomic mass is 9.93. The lowest BCUT2D eigenvalue weighted by molar-refractivity contribution is 0.270. The highest BCUT2D eigenvalue weighted by Gasteiger charge is 2.20. The fraction of sp³-hybridized carbons (Fsp3) is 0.294. The van der Waals surface area contributed by atoms with Crippen molar-refractivity contribution < 1.29 is 9.47 Å².